The van der Waals surface area contributed by atoms with E-state index in [9.17, 15) is 10.0 Å². The smallest absolute Gasteiger partial charge is 0.380 e. The second kappa shape index (κ2) is 9.04. The third-order valence-corrected chi connectivity index (χ3v) is 6.34. The molecular weight excluding hydrogens is 423 g/mol. The van der Waals surface area contributed by atoms with Crippen LogP contribution in [0.2, 0.25) is 10.0 Å². The maximum atomic E-state index is 13.1. The molecule has 0 spiro atoms. The Morgan fingerprint density at radius 1 is 1.07 bits per heavy atom. The molecule has 0 radical (unpaired) electrons. The van der Waals surface area contributed by atoms with E-state index in [-0.39, 0.29) is 17.7 Å². The van der Waals surface area contributed by atoms with Crippen LogP contribution >= 0.6 is 23.2 Å². The summed E-state index contributed by atoms with van der Waals surface area (Å²) in [5, 5.41) is 21.6. The zero-order valence-electron chi connectivity index (χ0n) is 16.7. The highest BCUT2D eigenvalue weighted by molar-refractivity contribution is 6.37. The van der Waals surface area contributed by atoms with Gasteiger partial charge in [-0.3, -0.25) is 5.01 Å². The van der Waals surface area contributed by atoms with Crippen LogP contribution < -0.4 is 10.2 Å². The maximum Gasteiger partial charge on any atom is 0.380 e. The molecular formula is C22H24Cl2N4O2. The molecule has 1 saturated heterocycles. The van der Waals surface area contributed by atoms with Gasteiger partial charge in [-0.2, -0.15) is 5.10 Å². The molecule has 158 valence electrons. The summed E-state index contributed by atoms with van der Waals surface area (Å²) >= 11 is 12.5. The van der Waals surface area contributed by atoms with E-state index in [1.54, 1.807) is 16.1 Å². The number of nitrogens with one attached hydrogen (secondary N) is 1. The number of benzene rings is 2. The van der Waals surface area contributed by atoms with Gasteiger partial charge in [-0.25, -0.2) is 9.97 Å². The molecule has 2 heterocycles. The molecule has 0 bridgehead atoms. The van der Waals surface area contributed by atoms with Crippen molar-refractivity contribution in [3.63, 3.8) is 0 Å². The lowest BCUT2D eigenvalue weighted by atomic mass is 9.91. The van der Waals surface area contributed by atoms with Crippen molar-refractivity contribution >= 4 is 40.5 Å². The third-order valence-electron chi connectivity index (χ3n) is 5.76. The average molecular weight is 447 g/mol. The summed E-state index contributed by atoms with van der Waals surface area (Å²) in [4.78, 5) is 13.1. The fraction of sp³-hybridized carbons (Fsp3) is 0.364. The van der Waals surface area contributed by atoms with E-state index in [0.29, 0.717) is 28.8 Å². The highest BCUT2D eigenvalue weighted by atomic mass is 35.5. The van der Waals surface area contributed by atoms with E-state index in [0.717, 1.165) is 24.8 Å². The Hall–Kier alpha value is -1.96. The zero-order valence-corrected chi connectivity index (χ0v) is 18.2. The number of hydrogen-bond donors (Lipinski definition) is 1. The first kappa shape index (κ1) is 21.3. The summed E-state index contributed by atoms with van der Waals surface area (Å²) in [6.45, 7) is 3.18. The maximum absolute atomic E-state index is 13.1. The molecule has 1 N–H and O–H groups in total. The van der Waals surface area contributed by atoms with Gasteiger partial charge in [0.05, 0.1) is 16.8 Å². The lowest BCUT2D eigenvalue weighted by molar-refractivity contribution is -0.897. The van der Waals surface area contributed by atoms with Crippen molar-refractivity contribution in [1.29, 1.82) is 0 Å². The van der Waals surface area contributed by atoms with Crippen LogP contribution in [0, 0.1) is 11.1 Å². The van der Waals surface area contributed by atoms with Crippen LogP contribution in [0.4, 0.5) is 5.69 Å². The largest absolute Gasteiger partial charge is 0.605 e. The Morgan fingerprint density at radius 3 is 2.40 bits per heavy atom. The molecule has 1 amide bonds. The molecule has 1 fully saturated rings. The molecule has 0 aliphatic carbocycles. The molecule has 8 heteroatoms. The molecule has 2 aromatic carbocycles. The Morgan fingerprint density at radius 2 is 1.73 bits per heavy atom. The number of carbonyl (C=O) groups is 1. The van der Waals surface area contributed by atoms with Crippen molar-refractivity contribution in [1.82, 2.24) is 5.01 Å². The lowest BCUT2D eigenvalue weighted by Crippen LogP contribution is -3.17. The minimum absolute atomic E-state index is 0.268. The van der Waals surface area contributed by atoms with Gasteiger partial charge in [0.2, 0.25) is 0 Å². The first-order chi connectivity index (χ1) is 14.5. The van der Waals surface area contributed by atoms with Crippen LogP contribution in [0.1, 0.15) is 37.8 Å². The highest BCUT2D eigenvalue weighted by Crippen LogP contribution is 2.41. The molecule has 2 aromatic rings. The van der Waals surface area contributed by atoms with E-state index in [1.807, 2.05) is 49.4 Å². The third kappa shape index (κ3) is 4.11. The van der Waals surface area contributed by atoms with Crippen molar-refractivity contribution in [2.75, 3.05) is 18.1 Å². The summed E-state index contributed by atoms with van der Waals surface area (Å²) in [6.07, 6.45) is 2.95. The van der Waals surface area contributed by atoms with Gasteiger partial charge in [-0.15, -0.1) is 5.01 Å². The number of amides is 1. The number of hydrogen-bond acceptors (Lipinski definition) is 5. The molecule has 0 saturated carbocycles. The van der Waals surface area contributed by atoms with E-state index in [4.69, 9.17) is 23.2 Å². The number of quaternary nitrogens is 1. The van der Waals surface area contributed by atoms with Gasteiger partial charge in [0, 0.05) is 24.0 Å². The number of nitrogens with zero attached hydrogens (tertiary/aromatic N) is 3. The summed E-state index contributed by atoms with van der Waals surface area (Å²) in [7, 11) is 0. The van der Waals surface area contributed by atoms with Crippen LogP contribution in [-0.4, -0.2) is 29.7 Å². The van der Waals surface area contributed by atoms with Crippen molar-refractivity contribution < 1.29 is 9.97 Å². The molecule has 1 unspecified atom stereocenters. The minimum atomic E-state index is -0.530. The number of anilines is 1. The molecule has 3 atom stereocenters. The molecule has 2 aliphatic rings. The number of piperidine rings is 1. The second-order valence-corrected chi connectivity index (χ2v) is 8.59. The number of hydrazone groups is 1. The predicted octanol–water partition coefficient (Wildman–Crippen LogP) is 3.86. The van der Waals surface area contributed by atoms with Gasteiger partial charge in [0.25, 0.3) is 0 Å². The van der Waals surface area contributed by atoms with Gasteiger partial charge in [0.15, 0.2) is 5.71 Å². The summed E-state index contributed by atoms with van der Waals surface area (Å²) in [6, 6.07) is 14.6. The number of rotatable bonds is 4. The fourth-order valence-corrected chi connectivity index (χ4v) is 4.51. The molecule has 4 rings (SSSR count). The first-order valence-corrected chi connectivity index (χ1v) is 10.9. The number of halogens is 2. The van der Waals surface area contributed by atoms with E-state index >= 15 is 0 Å². The topological polar surface area (TPSA) is 63.4 Å². The SMILES string of the molecule is C[C@@H]1C(C(=O)[NH+]([O-])N2CCCCC2)=NN(c2ccccc2Cl)[C@@H]1c1ccc(Cl)cc1. The van der Waals surface area contributed by atoms with E-state index < -0.39 is 11.1 Å². The lowest BCUT2D eigenvalue weighted by Gasteiger charge is -2.34. The number of carbonyl (C=O) groups excluding carboxylic acids is 1. The van der Waals surface area contributed by atoms with Crippen LogP contribution in [0.15, 0.2) is 53.6 Å². The van der Waals surface area contributed by atoms with Crippen LogP contribution in [-0.2, 0) is 4.79 Å². The normalized spacial score (nSPS) is 23.3. The van der Waals surface area contributed by atoms with E-state index in [1.165, 1.54) is 0 Å². The monoisotopic (exact) mass is 446 g/mol. The number of hydroxylamine groups is 1. The summed E-state index contributed by atoms with van der Waals surface area (Å²) < 4.78 is 0. The summed E-state index contributed by atoms with van der Waals surface area (Å²) in [5.74, 6) is -0.818. The Labute approximate surface area is 186 Å². The molecule has 0 aromatic heterocycles. The van der Waals surface area contributed by atoms with Gasteiger partial charge in [-0.1, -0.05) is 60.8 Å². The molecule has 6 nitrogen and oxygen atoms in total. The standard InChI is InChI=1S/C22H24Cl2N4O2/c1-15-20(22(29)28(30)26-13-5-2-6-14-26)25-27(19-8-4-3-7-18(19)24)21(15)16-9-11-17(23)12-10-16/h3-4,7-12,15,21,28H,2,5-6,13-14H2,1H3/t15-,21+/m1/s1. The fourth-order valence-electron chi connectivity index (χ4n) is 4.16. The van der Waals surface area contributed by atoms with Crippen molar-refractivity contribution in [3.8, 4) is 0 Å². The molecule has 30 heavy (non-hydrogen) atoms. The predicted molar refractivity (Wildman–Crippen MR) is 119 cm³/mol. The molecule has 2 aliphatic heterocycles. The zero-order chi connectivity index (χ0) is 21.3. The van der Waals surface area contributed by atoms with Crippen LogP contribution in [0.3, 0.4) is 0 Å². The summed E-state index contributed by atoms with van der Waals surface area (Å²) in [5.41, 5.74) is 1.91. The Kier molecular flexibility index (Phi) is 6.41. The van der Waals surface area contributed by atoms with Crippen molar-refractivity contribution in [2.45, 2.75) is 32.2 Å². The van der Waals surface area contributed by atoms with Gasteiger partial charge >= 0.3 is 5.91 Å². The van der Waals surface area contributed by atoms with Gasteiger partial charge in [0.1, 0.15) is 0 Å². The van der Waals surface area contributed by atoms with Crippen LogP contribution in [0.25, 0.3) is 0 Å². The quantitative estimate of drug-likeness (QED) is 0.724. The average Bonchev–Trinajstić information content (AvgIpc) is 3.11. The number of para-hydroxylation sites is 1. The van der Waals surface area contributed by atoms with Gasteiger partial charge in [-0.05, 0) is 42.7 Å². The van der Waals surface area contributed by atoms with Crippen molar-refractivity contribution in [3.05, 3.63) is 69.3 Å². The minimum Gasteiger partial charge on any atom is -0.605 e. The Balaban J connectivity index is 1.70. The Bertz CT molecular complexity index is 944. The van der Waals surface area contributed by atoms with Crippen LogP contribution in [0.5, 0.6) is 0 Å². The van der Waals surface area contributed by atoms with Gasteiger partial charge < -0.3 is 5.21 Å². The second-order valence-electron chi connectivity index (χ2n) is 7.75. The first-order valence-electron chi connectivity index (χ1n) is 10.2. The van der Waals surface area contributed by atoms with Crippen molar-refractivity contribution in [2.24, 2.45) is 11.0 Å². The highest BCUT2D eigenvalue weighted by Gasteiger charge is 2.43. The van der Waals surface area contributed by atoms with E-state index in [2.05, 4.69) is 5.10 Å².